The van der Waals surface area contributed by atoms with E-state index < -0.39 is 17.4 Å². The molecule has 0 aromatic heterocycles. The Hall–Kier alpha value is -4.18. The van der Waals surface area contributed by atoms with Crippen LogP contribution in [0, 0.1) is 0 Å². The van der Waals surface area contributed by atoms with Crippen molar-refractivity contribution in [2.45, 2.75) is 11.8 Å². The summed E-state index contributed by atoms with van der Waals surface area (Å²) >= 11 is 0. The van der Waals surface area contributed by atoms with Crippen molar-refractivity contribution < 1.29 is 19.8 Å². The van der Waals surface area contributed by atoms with Gasteiger partial charge in [0.1, 0.15) is 0 Å². The Kier molecular flexibility index (Phi) is 5.86. The number of carboxylic acids is 2. The van der Waals surface area contributed by atoms with Crippen molar-refractivity contribution in [2.24, 2.45) is 0 Å². The quantitative estimate of drug-likeness (QED) is 0.377. The molecule has 0 unspecified atom stereocenters. The van der Waals surface area contributed by atoms with Crippen LogP contribution in [0.25, 0.3) is 0 Å². The number of carboxylic acid groups (broad SMARTS) is 2. The molecule has 158 valence electrons. The Bertz CT molecular complexity index is 1100. The van der Waals surface area contributed by atoms with Crippen LogP contribution in [0.5, 0.6) is 0 Å². The van der Waals surface area contributed by atoms with Gasteiger partial charge in [0.2, 0.25) is 0 Å². The van der Waals surface area contributed by atoms with E-state index in [4.69, 9.17) is 0 Å². The van der Waals surface area contributed by atoms with Crippen LogP contribution < -0.4 is 0 Å². The summed E-state index contributed by atoms with van der Waals surface area (Å²) < 4.78 is 0. The van der Waals surface area contributed by atoms with Crippen LogP contribution in [0.2, 0.25) is 0 Å². The first-order valence-corrected chi connectivity index (χ1v) is 10.3. The fourth-order valence-electron chi connectivity index (χ4n) is 4.42. The predicted molar refractivity (Wildman–Crippen MR) is 123 cm³/mol. The second-order valence-corrected chi connectivity index (χ2v) is 7.62. The van der Waals surface area contributed by atoms with E-state index in [0.717, 1.165) is 16.7 Å². The van der Waals surface area contributed by atoms with E-state index in [1.54, 1.807) is 0 Å². The van der Waals surface area contributed by atoms with E-state index >= 15 is 0 Å². The third-order valence-electron chi connectivity index (χ3n) is 5.88. The van der Waals surface area contributed by atoms with Gasteiger partial charge in [-0.1, -0.05) is 97.1 Å². The predicted octanol–water partition coefficient (Wildman–Crippen LogP) is 5.66. The minimum Gasteiger partial charge on any atom is -0.478 e. The molecule has 32 heavy (non-hydrogen) atoms. The molecule has 0 saturated heterocycles. The van der Waals surface area contributed by atoms with E-state index in [0.29, 0.717) is 5.56 Å². The summed E-state index contributed by atoms with van der Waals surface area (Å²) in [5, 5.41) is 19.8. The number of carbonyl (C=O) groups is 2. The maximum Gasteiger partial charge on any atom is 0.335 e. The third-order valence-corrected chi connectivity index (χ3v) is 5.88. The van der Waals surface area contributed by atoms with Gasteiger partial charge >= 0.3 is 11.9 Å². The molecular formula is C28H22O4. The van der Waals surface area contributed by atoms with Crippen LogP contribution in [0.15, 0.2) is 109 Å². The molecule has 0 spiro atoms. The largest absolute Gasteiger partial charge is 0.478 e. The first-order valence-electron chi connectivity index (χ1n) is 10.3. The summed E-state index contributed by atoms with van der Waals surface area (Å²) in [6.45, 7) is 0. The number of rotatable bonds is 7. The monoisotopic (exact) mass is 422 g/mol. The third kappa shape index (κ3) is 3.79. The Labute approximate surface area is 186 Å². The first kappa shape index (κ1) is 21.1. The van der Waals surface area contributed by atoms with Gasteiger partial charge in [0, 0.05) is 5.41 Å². The highest BCUT2D eigenvalue weighted by Crippen LogP contribution is 2.43. The zero-order chi connectivity index (χ0) is 22.6. The van der Waals surface area contributed by atoms with Crippen molar-refractivity contribution in [1.82, 2.24) is 0 Å². The van der Waals surface area contributed by atoms with Crippen LogP contribution in [-0.2, 0) is 11.8 Å². The molecule has 2 N–H and O–H groups in total. The van der Waals surface area contributed by atoms with Crippen LogP contribution >= 0.6 is 0 Å². The second-order valence-electron chi connectivity index (χ2n) is 7.62. The van der Waals surface area contributed by atoms with Crippen LogP contribution in [-0.4, -0.2) is 22.2 Å². The molecule has 0 bridgehead atoms. The van der Waals surface area contributed by atoms with Gasteiger partial charge in [0.05, 0.1) is 11.1 Å². The summed E-state index contributed by atoms with van der Waals surface area (Å²) in [7, 11) is 0. The fraction of sp³-hybridized carbons (Fsp3) is 0.0714. The van der Waals surface area contributed by atoms with Crippen molar-refractivity contribution in [1.29, 1.82) is 0 Å². The van der Waals surface area contributed by atoms with E-state index in [1.807, 2.05) is 91.0 Å². The van der Waals surface area contributed by atoms with Gasteiger partial charge in [-0.25, -0.2) is 9.59 Å². The summed E-state index contributed by atoms with van der Waals surface area (Å²) in [6, 6.07) is 33.9. The van der Waals surface area contributed by atoms with Crippen molar-refractivity contribution in [3.8, 4) is 0 Å². The van der Waals surface area contributed by atoms with Gasteiger partial charge in [0.15, 0.2) is 0 Å². The normalized spacial score (nSPS) is 11.1. The average Bonchev–Trinajstić information content (AvgIpc) is 2.84. The molecular weight excluding hydrogens is 400 g/mol. The highest BCUT2D eigenvalue weighted by molar-refractivity contribution is 5.96. The van der Waals surface area contributed by atoms with E-state index in [-0.39, 0.29) is 17.5 Å². The Morgan fingerprint density at radius 2 is 0.875 bits per heavy atom. The van der Waals surface area contributed by atoms with E-state index in [2.05, 4.69) is 0 Å². The molecule has 4 rings (SSSR count). The van der Waals surface area contributed by atoms with Gasteiger partial charge in [-0.05, 0) is 40.8 Å². The van der Waals surface area contributed by atoms with Gasteiger partial charge in [-0.3, -0.25) is 0 Å². The molecule has 4 heteroatoms. The molecule has 4 nitrogen and oxygen atoms in total. The molecule has 0 fully saturated rings. The number of benzene rings is 4. The van der Waals surface area contributed by atoms with E-state index in [1.165, 1.54) is 18.2 Å². The standard InChI is InChI=1S/C28H22O4/c29-26(30)23-17-10-18-24(27(31)32)25(23)19-28(20-11-4-1-5-12-20,21-13-6-2-7-14-21)22-15-8-3-9-16-22/h1-18H,19H2,(H,29,30)(H,31,32). The molecule has 0 aliphatic carbocycles. The van der Waals surface area contributed by atoms with Crippen LogP contribution in [0.4, 0.5) is 0 Å². The minimum atomic E-state index is -1.15. The number of aromatic carboxylic acids is 2. The highest BCUT2D eigenvalue weighted by Gasteiger charge is 2.38. The lowest BCUT2D eigenvalue weighted by atomic mass is 9.65. The number of hydrogen-bond acceptors (Lipinski definition) is 2. The second kappa shape index (κ2) is 8.90. The van der Waals surface area contributed by atoms with Gasteiger partial charge < -0.3 is 10.2 Å². The van der Waals surface area contributed by atoms with Gasteiger partial charge in [-0.2, -0.15) is 0 Å². The first-order chi connectivity index (χ1) is 15.5. The molecule has 0 aliphatic rings. The molecule has 0 aliphatic heterocycles. The Morgan fingerprint density at radius 3 is 1.19 bits per heavy atom. The summed E-state index contributed by atoms with van der Waals surface area (Å²) in [5.41, 5.74) is 2.36. The lowest BCUT2D eigenvalue weighted by Gasteiger charge is -2.37. The SMILES string of the molecule is O=C(O)c1cccc(C(=O)O)c1CC(c1ccccc1)(c1ccccc1)c1ccccc1. The lowest BCUT2D eigenvalue weighted by Crippen LogP contribution is -2.33. The molecule has 0 atom stereocenters. The lowest BCUT2D eigenvalue weighted by molar-refractivity contribution is 0.0695. The van der Waals surface area contributed by atoms with Crippen LogP contribution in [0.1, 0.15) is 43.0 Å². The molecule has 0 amide bonds. The topological polar surface area (TPSA) is 74.6 Å². The van der Waals surface area contributed by atoms with E-state index in [9.17, 15) is 19.8 Å². The molecule has 0 radical (unpaired) electrons. The average molecular weight is 422 g/mol. The molecule has 4 aromatic carbocycles. The smallest absolute Gasteiger partial charge is 0.335 e. The maximum atomic E-state index is 12.1. The van der Waals surface area contributed by atoms with Crippen LogP contribution in [0.3, 0.4) is 0 Å². The van der Waals surface area contributed by atoms with Gasteiger partial charge in [0.25, 0.3) is 0 Å². The fourth-order valence-corrected chi connectivity index (χ4v) is 4.42. The Balaban J connectivity index is 2.09. The van der Waals surface area contributed by atoms with Crippen molar-refractivity contribution in [3.05, 3.63) is 143 Å². The number of hydrogen-bond donors (Lipinski definition) is 2. The molecule has 0 saturated carbocycles. The Morgan fingerprint density at radius 1 is 0.531 bits per heavy atom. The van der Waals surface area contributed by atoms with Crippen molar-refractivity contribution >= 4 is 11.9 Å². The summed E-state index contributed by atoms with van der Waals surface area (Å²) in [4.78, 5) is 24.2. The summed E-state index contributed by atoms with van der Waals surface area (Å²) in [6.07, 6.45) is 0.176. The molecule has 0 heterocycles. The van der Waals surface area contributed by atoms with Crippen molar-refractivity contribution in [2.75, 3.05) is 0 Å². The summed E-state index contributed by atoms with van der Waals surface area (Å²) in [5.74, 6) is -2.29. The maximum absolute atomic E-state index is 12.1. The highest BCUT2D eigenvalue weighted by atomic mass is 16.4. The van der Waals surface area contributed by atoms with Crippen molar-refractivity contribution in [3.63, 3.8) is 0 Å². The minimum absolute atomic E-state index is 0.00271. The zero-order valence-corrected chi connectivity index (χ0v) is 17.3. The van der Waals surface area contributed by atoms with Gasteiger partial charge in [-0.15, -0.1) is 0 Å². The zero-order valence-electron chi connectivity index (χ0n) is 17.3. The molecule has 4 aromatic rings.